The van der Waals surface area contributed by atoms with E-state index in [2.05, 4.69) is 16.5 Å². The molecule has 5 fully saturated rings. The van der Waals surface area contributed by atoms with Gasteiger partial charge in [-0.1, -0.05) is 0 Å². The van der Waals surface area contributed by atoms with Gasteiger partial charge in [-0.05, 0) is 81.7 Å². The number of aromatic nitrogens is 2. The summed E-state index contributed by atoms with van der Waals surface area (Å²) >= 11 is 0. The molecule has 4 bridgehead atoms. The second-order valence-corrected chi connectivity index (χ2v) is 8.50. The average molecular weight is 285 g/mol. The predicted octanol–water partition coefficient (Wildman–Crippen LogP) is 3.03. The van der Waals surface area contributed by atoms with Gasteiger partial charge in [0.2, 0.25) is 0 Å². The van der Waals surface area contributed by atoms with Crippen molar-refractivity contribution in [1.82, 2.24) is 15.3 Å². The molecule has 5 aliphatic rings. The third-order valence-corrected chi connectivity index (χ3v) is 6.88. The fourth-order valence-electron chi connectivity index (χ4n) is 6.34. The average Bonchev–Trinajstić information content (AvgIpc) is 3.09. The van der Waals surface area contributed by atoms with Gasteiger partial charge in [0.1, 0.15) is 5.82 Å². The number of hydrogen-bond acceptors (Lipinski definition) is 2. The summed E-state index contributed by atoms with van der Waals surface area (Å²) in [5.74, 6) is 5.08. The molecule has 21 heavy (non-hydrogen) atoms. The highest BCUT2D eigenvalue weighted by atomic mass is 14.9. The van der Waals surface area contributed by atoms with Crippen molar-refractivity contribution in [2.45, 2.75) is 56.8 Å². The minimum Gasteiger partial charge on any atom is -0.345 e. The lowest BCUT2D eigenvalue weighted by molar-refractivity contribution is -0.00706. The summed E-state index contributed by atoms with van der Waals surface area (Å²) < 4.78 is 0. The molecular formula is C18H27N3. The van der Waals surface area contributed by atoms with Crippen molar-refractivity contribution in [1.29, 1.82) is 0 Å². The van der Waals surface area contributed by atoms with Crippen molar-refractivity contribution in [2.75, 3.05) is 13.1 Å². The van der Waals surface area contributed by atoms with E-state index in [0.29, 0.717) is 5.41 Å². The molecule has 2 heterocycles. The first-order chi connectivity index (χ1) is 10.3. The van der Waals surface area contributed by atoms with E-state index in [1.807, 2.05) is 0 Å². The summed E-state index contributed by atoms with van der Waals surface area (Å²) in [6, 6.07) is 0. The molecule has 0 spiro atoms. The summed E-state index contributed by atoms with van der Waals surface area (Å²) in [7, 11) is 0. The molecule has 2 N–H and O–H groups in total. The van der Waals surface area contributed by atoms with Gasteiger partial charge in [-0.3, -0.25) is 0 Å². The van der Waals surface area contributed by atoms with Crippen molar-refractivity contribution in [3.05, 3.63) is 17.7 Å². The topological polar surface area (TPSA) is 40.7 Å². The Morgan fingerprint density at radius 3 is 2.43 bits per heavy atom. The third kappa shape index (κ3) is 2.08. The van der Waals surface area contributed by atoms with Crippen LogP contribution in [0.25, 0.3) is 0 Å². The SMILES string of the molecule is c1nc(CC2CCNC2)[nH]c1C12CC3CC(CC(C3)C1)C2. The molecule has 4 aliphatic carbocycles. The standard InChI is InChI=1S/C18H27N3/c1-2-19-10-12(1)6-17-20-11-16(21-17)18-7-13-3-14(8-18)5-15(4-13)9-18/h11-15,19H,1-10H2,(H,20,21). The molecule has 3 nitrogen and oxygen atoms in total. The van der Waals surface area contributed by atoms with Crippen LogP contribution in [0.5, 0.6) is 0 Å². The Labute approximate surface area is 127 Å². The Hall–Kier alpha value is -0.830. The molecule has 1 saturated heterocycles. The number of hydrogen-bond donors (Lipinski definition) is 2. The Kier molecular flexibility index (Phi) is 2.77. The lowest BCUT2D eigenvalue weighted by Gasteiger charge is -2.56. The molecule has 114 valence electrons. The van der Waals surface area contributed by atoms with Gasteiger partial charge in [-0.2, -0.15) is 0 Å². The molecule has 6 rings (SSSR count). The Bertz CT molecular complexity index is 491. The van der Waals surface area contributed by atoms with E-state index in [0.717, 1.165) is 30.1 Å². The smallest absolute Gasteiger partial charge is 0.106 e. The Morgan fingerprint density at radius 1 is 1.10 bits per heavy atom. The summed E-state index contributed by atoms with van der Waals surface area (Å²) in [6.45, 7) is 2.36. The van der Waals surface area contributed by atoms with Crippen LogP contribution >= 0.6 is 0 Å². The fraction of sp³-hybridized carbons (Fsp3) is 0.833. The van der Waals surface area contributed by atoms with Gasteiger partial charge >= 0.3 is 0 Å². The molecule has 3 heteroatoms. The van der Waals surface area contributed by atoms with Crippen LogP contribution in [0.2, 0.25) is 0 Å². The van der Waals surface area contributed by atoms with Crippen LogP contribution in [0.15, 0.2) is 6.20 Å². The summed E-state index contributed by atoms with van der Waals surface area (Å²) in [6.07, 6.45) is 13.5. The second-order valence-electron chi connectivity index (χ2n) is 8.50. The first kappa shape index (κ1) is 12.7. The van der Waals surface area contributed by atoms with Gasteiger partial charge in [0.25, 0.3) is 0 Å². The second kappa shape index (κ2) is 4.58. The highest BCUT2D eigenvalue weighted by Crippen LogP contribution is 2.60. The number of H-pyrrole nitrogens is 1. The van der Waals surface area contributed by atoms with E-state index < -0.39 is 0 Å². The summed E-state index contributed by atoms with van der Waals surface area (Å²) in [5.41, 5.74) is 1.97. The molecule has 1 aromatic heterocycles. The maximum absolute atomic E-state index is 4.75. The monoisotopic (exact) mass is 285 g/mol. The van der Waals surface area contributed by atoms with E-state index >= 15 is 0 Å². The highest BCUT2D eigenvalue weighted by molar-refractivity contribution is 5.22. The van der Waals surface area contributed by atoms with Gasteiger partial charge in [0.15, 0.2) is 0 Å². The molecule has 1 aliphatic heterocycles. The number of rotatable bonds is 3. The maximum atomic E-state index is 4.75. The molecule has 0 radical (unpaired) electrons. The van der Waals surface area contributed by atoms with E-state index in [4.69, 9.17) is 4.98 Å². The van der Waals surface area contributed by atoms with Gasteiger partial charge in [-0.15, -0.1) is 0 Å². The van der Waals surface area contributed by atoms with Crippen LogP contribution in [-0.4, -0.2) is 23.1 Å². The molecule has 1 atom stereocenters. The predicted molar refractivity (Wildman–Crippen MR) is 83.1 cm³/mol. The van der Waals surface area contributed by atoms with Crippen LogP contribution in [0, 0.1) is 23.7 Å². The van der Waals surface area contributed by atoms with Crippen molar-refractivity contribution >= 4 is 0 Å². The fourth-order valence-corrected chi connectivity index (χ4v) is 6.34. The number of nitrogens with zero attached hydrogens (tertiary/aromatic N) is 1. The molecule has 1 unspecified atom stereocenters. The van der Waals surface area contributed by atoms with E-state index in [9.17, 15) is 0 Å². The largest absolute Gasteiger partial charge is 0.345 e. The zero-order valence-corrected chi connectivity index (χ0v) is 12.9. The molecule has 0 amide bonds. The molecule has 4 saturated carbocycles. The Balaban J connectivity index is 1.39. The first-order valence-corrected chi connectivity index (χ1v) is 9.04. The van der Waals surface area contributed by atoms with Crippen molar-refractivity contribution in [3.8, 4) is 0 Å². The highest BCUT2D eigenvalue weighted by Gasteiger charge is 2.52. The van der Waals surface area contributed by atoms with E-state index in [1.54, 1.807) is 0 Å². The van der Waals surface area contributed by atoms with Crippen LogP contribution in [0.3, 0.4) is 0 Å². The van der Waals surface area contributed by atoms with Gasteiger partial charge in [0, 0.05) is 23.7 Å². The van der Waals surface area contributed by atoms with Gasteiger partial charge in [-0.25, -0.2) is 4.98 Å². The van der Waals surface area contributed by atoms with Crippen molar-refractivity contribution < 1.29 is 0 Å². The summed E-state index contributed by atoms with van der Waals surface area (Å²) in [5, 5.41) is 3.47. The van der Waals surface area contributed by atoms with Crippen molar-refractivity contribution in [3.63, 3.8) is 0 Å². The summed E-state index contributed by atoms with van der Waals surface area (Å²) in [4.78, 5) is 8.51. The van der Waals surface area contributed by atoms with Crippen LogP contribution in [0.1, 0.15) is 56.5 Å². The Morgan fingerprint density at radius 2 is 1.81 bits per heavy atom. The lowest BCUT2D eigenvalue weighted by atomic mass is 9.49. The molecule has 0 aromatic carbocycles. The maximum Gasteiger partial charge on any atom is 0.106 e. The quantitative estimate of drug-likeness (QED) is 0.896. The number of aromatic amines is 1. The lowest BCUT2D eigenvalue weighted by Crippen LogP contribution is -2.48. The minimum atomic E-state index is 0.480. The zero-order chi connectivity index (χ0) is 13.9. The van der Waals surface area contributed by atoms with Crippen molar-refractivity contribution in [2.24, 2.45) is 23.7 Å². The number of nitrogens with one attached hydrogen (secondary N) is 2. The van der Waals surface area contributed by atoms with Gasteiger partial charge in [0.05, 0.1) is 0 Å². The third-order valence-electron chi connectivity index (χ3n) is 6.88. The van der Waals surface area contributed by atoms with Crippen LogP contribution < -0.4 is 5.32 Å². The van der Waals surface area contributed by atoms with Crippen LogP contribution in [-0.2, 0) is 11.8 Å². The van der Waals surface area contributed by atoms with E-state index in [1.165, 1.54) is 69.6 Å². The number of imidazole rings is 1. The van der Waals surface area contributed by atoms with E-state index in [-0.39, 0.29) is 0 Å². The minimum absolute atomic E-state index is 0.480. The van der Waals surface area contributed by atoms with Crippen LogP contribution in [0.4, 0.5) is 0 Å². The molecule has 1 aromatic rings. The first-order valence-electron chi connectivity index (χ1n) is 9.04. The van der Waals surface area contributed by atoms with Gasteiger partial charge < -0.3 is 10.3 Å². The normalized spacial score (nSPS) is 44.6. The zero-order valence-electron chi connectivity index (χ0n) is 12.9. The molecular weight excluding hydrogens is 258 g/mol.